The second-order valence-corrected chi connectivity index (χ2v) is 5.77. The van der Waals surface area contributed by atoms with Crippen LogP contribution in [0.5, 0.6) is 0 Å². The molecule has 0 aromatic rings. The van der Waals surface area contributed by atoms with Gasteiger partial charge in [0.15, 0.2) is 0 Å². The Morgan fingerprint density at radius 1 is 1.06 bits per heavy atom. The van der Waals surface area contributed by atoms with Crippen LogP contribution in [-0.2, 0) is 0 Å². The van der Waals surface area contributed by atoms with Crippen molar-refractivity contribution >= 4 is 0 Å². The number of hydrogen-bond acceptors (Lipinski definition) is 2. The van der Waals surface area contributed by atoms with Crippen LogP contribution in [-0.4, -0.2) is 37.1 Å². The Balaban J connectivity index is 1.73. The lowest BCUT2D eigenvalue weighted by Crippen LogP contribution is -2.42. The van der Waals surface area contributed by atoms with Crippen LogP contribution in [0, 0.1) is 11.8 Å². The largest absolute Gasteiger partial charge is 0.313 e. The summed E-state index contributed by atoms with van der Waals surface area (Å²) in [5.74, 6) is 2.08. The second-order valence-electron chi connectivity index (χ2n) is 5.77. The fourth-order valence-electron chi connectivity index (χ4n) is 2.49. The zero-order valence-electron chi connectivity index (χ0n) is 11.0. The fraction of sp³-hybridized carbons (Fsp3) is 1.00. The van der Waals surface area contributed by atoms with Crippen LogP contribution in [0.4, 0.5) is 0 Å². The van der Waals surface area contributed by atoms with Crippen molar-refractivity contribution in [1.82, 2.24) is 10.2 Å². The first kappa shape index (κ1) is 12.4. The van der Waals surface area contributed by atoms with Crippen LogP contribution in [0.1, 0.15) is 46.0 Å². The summed E-state index contributed by atoms with van der Waals surface area (Å²) in [7, 11) is 0. The van der Waals surface area contributed by atoms with Crippen molar-refractivity contribution in [3.05, 3.63) is 0 Å². The minimum Gasteiger partial charge on any atom is -0.313 e. The predicted molar refractivity (Wildman–Crippen MR) is 69.6 cm³/mol. The van der Waals surface area contributed by atoms with Crippen molar-refractivity contribution in [2.75, 3.05) is 26.2 Å². The molecular weight excluding hydrogens is 196 g/mol. The molecule has 1 unspecified atom stereocenters. The molecule has 2 aliphatic rings. The van der Waals surface area contributed by atoms with Gasteiger partial charge in [-0.2, -0.15) is 0 Å². The van der Waals surface area contributed by atoms with E-state index in [1.54, 1.807) is 0 Å². The SMILES string of the molecule is CCNC(CC)CN(CC1CC1)CC1CC1. The highest BCUT2D eigenvalue weighted by molar-refractivity contribution is 4.84. The molecule has 2 heteroatoms. The molecule has 1 atom stereocenters. The quantitative estimate of drug-likeness (QED) is 0.647. The van der Waals surface area contributed by atoms with Gasteiger partial charge in [-0.3, -0.25) is 0 Å². The summed E-state index contributed by atoms with van der Waals surface area (Å²) in [5, 5.41) is 3.61. The zero-order valence-corrected chi connectivity index (χ0v) is 11.0. The van der Waals surface area contributed by atoms with Gasteiger partial charge in [0, 0.05) is 25.7 Å². The molecule has 0 aliphatic heterocycles. The monoisotopic (exact) mass is 224 g/mol. The van der Waals surface area contributed by atoms with Gasteiger partial charge >= 0.3 is 0 Å². The molecule has 0 spiro atoms. The topological polar surface area (TPSA) is 15.3 Å². The maximum absolute atomic E-state index is 3.61. The molecule has 0 radical (unpaired) electrons. The predicted octanol–water partition coefficient (Wildman–Crippen LogP) is 2.50. The van der Waals surface area contributed by atoms with Crippen molar-refractivity contribution in [3.8, 4) is 0 Å². The van der Waals surface area contributed by atoms with Crippen LogP contribution in [0.3, 0.4) is 0 Å². The molecule has 2 nitrogen and oxygen atoms in total. The molecule has 16 heavy (non-hydrogen) atoms. The number of hydrogen-bond donors (Lipinski definition) is 1. The summed E-state index contributed by atoms with van der Waals surface area (Å²) < 4.78 is 0. The maximum Gasteiger partial charge on any atom is 0.0192 e. The molecule has 0 saturated heterocycles. The average Bonchev–Trinajstić information content (AvgIpc) is 3.12. The first-order valence-electron chi connectivity index (χ1n) is 7.27. The Labute approximate surface area is 101 Å². The molecule has 2 rings (SSSR count). The first-order valence-corrected chi connectivity index (χ1v) is 7.27. The minimum atomic E-state index is 0.711. The van der Waals surface area contributed by atoms with E-state index in [9.17, 15) is 0 Å². The standard InChI is InChI=1S/C14H28N2/c1-3-14(15-4-2)11-16(9-12-5-6-12)10-13-7-8-13/h12-15H,3-11H2,1-2H3. The van der Waals surface area contributed by atoms with Gasteiger partial charge in [-0.05, 0) is 50.5 Å². The van der Waals surface area contributed by atoms with Gasteiger partial charge in [0.25, 0.3) is 0 Å². The summed E-state index contributed by atoms with van der Waals surface area (Å²) in [6, 6.07) is 0.711. The molecule has 0 bridgehead atoms. The normalized spacial score (nSPS) is 22.7. The lowest BCUT2D eigenvalue weighted by molar-refractivity contribution is 0.222. The minimum absolute atomic E-state index is 0.711. The van der Waals surface area contributed by atoms with Crippen LogP contribution in [0.25, 0.3) is 0 Å². The van der Waals surface area contributed by atoms with Gasteiger partial charge in [0.1, 0.15) is 0 Å². The summed E-state index contributed by atoms with van der Waals surface area (Å²) in [6.45, 7) is 9.65. The fourth-order valence-corrected chi connectivity index (χ4v) is 2.49. The van der Waals surface area contributed by atoms with E-state index in [2.05, 4.69) is 24.1 Å². The number of nitrogens with zero attached hydrogens (tertiary/aromatic N) is 1. The molecule has 94 valence electrons. The van der Waals surface area contributed by atoms with E-state index in [0.29, 0.717) is 6.04 Å². The van der Waals surface area contributed by atoms with Crippen LogP contribution >= 0.6 is 0 Å². The Morgan fingerprint density at radius 3 is 2.00 bits per heavy atom. The number of nitrogens with one attached hydrogen (secondary N) is 1. The van der Waals surface area contributed by atoms with E-state index in [1.807, 2.05) is 0 Å². The lowest BCUT2D eigenvalue weighted by atomic mass is 10.2. The highest BCUT2D eigenvalue weighted by atomic mass is 15.2. The van der Waals surface area contributed by atoms with E-state index in [0.717, 1.165) is 18.4 Å². The molecule has 0 aromatic carbocycles. The molecule has 0 aromatic heterocycles. The van der Waals surface area contributed by atoms with Crippen LogP contribution in [0.2, 0.25) is 0 Å². The molecule has 2 fully saturated rings. The van der Waals surface area contributed by atoms with Crippen molar-refractivity contribution in [1.29, 1.82) is 0 Å². The van der Waals surface area contributed by atoms with Gasteiger partial charge in [-0.15, -0.1) is 0 Å². The maximum atomic E-state index is 3.61. The van der Waals surface area contributed by atoms with Gasteiger partial charge in [-0.1, -0.05) is 13.8 Å². The van der Waals surface area contributed by atoms with E-state index < -0.39 is 0 Å². The Morgan fingerprint density at radius 2 is 1.62 bits per heavy atom. The smallest absolute Gasteiger partial charge is 0.0192 e. The molecule has 1 N–H and O–H groups in total. The first-order chi connectivity index (χ1) is 7.81. The second kappa shape index (κ2) is 6.02. The lowest BCUT2D eigenvalue weighted by Gasteiger charge is -2.27. The van der Waals surface area contributed by atoms with E-state index in [1.165, 1.54) is 51.7 Å². The van der Waals surface area contributed by atoms with E-state index >= 15 is 0 Å². The number of likely N-dealkylation sites (N-methyl/N-ethyl adjacent to an activating group) is 1. The third-order valence-corrected chi connectivity index (χ3v) is 3.89. The zero-order chi connectivity index (χ0) is 11.4. The van der Waals surface area contributed by atoms with Crippen molar-refractivity contribution in [2.24, 2.45) is 11.8 Å². The summed E-state index contributed by atoms with van der Waals surface area (Å²) in [6.07, 6.45) is 7.20. The van der Waals surface area contributed by atoms with Gasteiger partial charge < -0.3 is 10.2 Å². The Bertz CT molecular complexity index is 183. The van der Waals surface area contributed by atoms with Crippen LogP contribution in [0.15, 0.2) is 0 Å². The third kappa shape index (κ3) is 4.42. The Kier molecular flexibility index (Phi) is 4.66. The van der Waals surface area contributed by atoms with E-state index in [-0.39, 0.29) is 0 Å². The average molecular weight is 224 g/mol. The summed E-state index contributed by atoms with van der Waals surface area (Å²) in [4.78, 5) is 2.74. The van der Waals surface area contributed by atoms with Gasteiger partial charge in [0.05, 0.1) is 0 Å². The molecular formula is C14H28N2. The van der Waals surface area contributed by atoms with E-state index in [4.69, 9.17) is 0 Å². The van der Waals surface area contributed by atoms with Crippen molar-refractivity contribution in [3.63, 3.8) is 0 Å². The summed E-state index contributed by atoms with van der Waals surface area (Å²) >= 11 is 0. The van der Waals surface area contributed by atoms with Gasteiger partial charge in [-0.25, -0.2) is 0 Å². The molecule has 2 saturated carbocycles. The van der Waals surface area contributed by atoms with Crippen molar-refractivity contribution < 1.29 is 0 Å². The molecule has 0 amide bonds. The number of rotatable bonds is 9. The highest BCUT2D eigenvalue weighted by Gasteiger charge is 2.29. The third-order valence-electron chi connectivity index (χ3n) is 3.89. The molecule has 0 heterocycles. The summed E-state index contributed by atoms with van der Waals surface area (Å²) in [5.41, 5.74) is 0. The van der Waals surface area contributed by atoms with Crippen molar-refractivity contribution in [2.45, 2.75) is 52.0 Å². The highest BCUT2D eigenvalue weighted by Crippen LogP contribution is 2.33. The van der Waals surface area contributed by atoms with Crippen LogP contribution < -0.4 is 5.32 Å². The molecule has 2 aliphatic carbocycles. The van der Waals surface area contributed by atoms with Gasteiger partial charge in [0.2, 0.25) is 0 Å². The Hall–Kier alpha value is -0.0800.